The van der Waals surface area contributed by atoms with Gasteiger partial charge in [-0.05, 0) is 38.8 Å². The van der Waals surface area contributed by atoms with E-state index >= 15 is 0 Å². The molecule has 148 valence electrons. The van der Waals surface area contributed by atoms with Gasteiger partial charge < -0.3 is 9.64 Å². The number of rotatable bonds is 11. The number of aldehydes is 1. The summed E-state index contributed by atoms with van der Waals surface area (Å²) in [4.78, 5) is 38.1. The van der Waals surface area contributed by atoms with Gasteiger partial charge in [-0.1, -0.05) is 43.9 Å². The molecule has 0 heterocycles. The van der Waals surface area contributed by atoms with E-state index in [1.54, 1.807) is 14.0 Å². The number of benzene rings is 1. The van der Waals surface area contributed by atoms with Gasteiger partial charge in [-0.3, -0.25) is 14.4 Å². The molecule has 5 heteroatoms. The Morgan fingerprint density at radius 3 is 2.30 bits per heavy atom. The molecule has 1 aromatic rings. The van der Waals surface area contributed by atoms with E-state index < -0.39 is 5.97 Å². The molecule has 0 aliphatic carbocycles. The number of nitrogens with zero attached hydrogens (tertiary/aromatic N) is 1. The second-order valence-electron chi connectivity index (χ2n) is 6.61. The van der Waals surface area contributed by atoms with Crippen LogP contribution in [0.25, 0.3) is 0 Å². The lowest BCUT2D eigenvalue weighted by molar-refractivity contribution is -0.142. The molecule has 1 rings (SSSR count). The minimum Gasteiger partial charge on any atom is -0.466 e. The normalized spacial score (nSPS) is 11.6. The number of ether oxygens (including phenoxy) is 1. The summed E-state index contributed by atoms with van der Waals surface area (Å²) in [5, 5.41) is 0. The minimum atomic E-state index is -0.489. The number of hydrogen-bond donors (Lipinski definition) is 0. The highest BCUT2D eigenvalue weighted by molar-refractivity contribution is 6.09. The Hall–Kier alpha value is -2.43. The third kappa shape index (κ3) is 7.37. The molecule has 5 nitrogen and oxygen atoms in total. The van der Waals surface area contributed by atoms with Crippen LogP contribution in [0.1, 0.15) is 57.9 Å². The summed E-state index contributed by atoms with van der Waals surface area (Å²) >= 11 is 0. The van der Waals surface area contributed by atoms with E-state index in [0.29, 0.717) is 18.3 Å². The van der Waals surface area contributed by atoms with E-state index in [4.69, 9.17) is 4.74 Å². The molecule has 0 aliphatic heterocycles. The standard InChI is InChI=1S/C22H31NO4/c1-5-7-8-9-10-20(18(16-24)15-21(25)27-6-2)22(26)23(4)19-13-11-17(3)12-14-19/h11-14,16H,5-10,15H2,1-4H3/b20-18-. The number of unbranched alkanes of at least 4 members (excludes halogenated alkanes) is 3. The van der Waals surface area contributed by atoms with Crippen molar-refractivity contribution in [2.45, 2.75) is 59.3 Å². The molecular weight excluding hydrogens is 342 g/mol. The monoisotopic (exact) mass is 373 g/mol. The first kappa shape index (κ1) is 22.6. The summed E-state index contributed by atoms with van der Waals surface area (Å²) in [6.07, 6.45) is 4.86. The first-order valence-corrected chi connectivity index (χ1v) is 9.62. The number of esters is 1. The van der Waals surface area contributed by atoms with E-state index in [1.807, 2.05) is 31.2 Å². The van der Waals surface area contributed by atoms with Crippen molar-refractivity contribution in [2.75, 3.05) is 18.6 Å². The average molecular weight is 373 g/mol. The van der Waals surface area contributed by atoms with E-state index in [0.717, 1.165) is 36.9 Å². The number of hydrogen-bond acceptors (Lipinski definition) is 4. The van der Waals surface area contributed by atoms with Crippen molar-refractivity contribution in [3.8, 4) is 0 Å². The second-order valence-corrected chi connectivity index (χ2v) is 6.61. The van der Waals surface area contributed by atoms with Gasteiger partial charge in [0, 0.05) is 23.9 Å². The van der Waals surface area contributed by atoms with Gasteiger partial charge in [0.25, 0.3) is 5.91 Å². The number of likely N-dealkylation sites (N-methyl/N-ethyl adjacent to an activating group) is 1. The zero-order chi connectivity index (χ0) is 20.2. The predicted molar refractivity (Wildman–Crippen MR) is 108 cm³/mol. The minimum absolute atomic E-state index is 0.173. The molecule has 27 heavy (non-hydrogen) atoms. The van der Waals surface area contributed by atoms with Crippen LogP contribution in [0, 0.1) is 6.92 Å². The van der Waals surface area contributed by atoms with Gasteiger partial charge in [-0.15, -0.1) is 0 Å². The van der Waals surface area contributed by atoms with Crippen molar-refractivity contribution in [3.63, 3.8) is 0 Å². The summed E-state index contributed by atoms with van der Waals surface area (Å²) in [5.41, 5.74) is 2.47. The Morgan fingerprint density at radius 2 is 1.74 bits per heavy atom. The lowest BCUT2D eigenvalue weighted by atomic mass is 9.98. The number of anilines is 1. The van der Waals surface area contributed by atoms with Crippen molar-refractivity contribution < 1.29 is 19.1 Å². The van der Waals surface area contributed by atoms with Crippen molar-refractivity contribution in [1.29, 1.82) is 0 Å². The van der Waals surface area contributed by atoms with Gasteiger partial charge in [0.2, 0.25) is 0 Å². The molecule has 0 radical (unpaired) electrons. The molecule has 0 saturated carbocycles. The van der Waals surface area contributed by atoms with Gasteiger partial charge in [0.15, 0.2) is 0 Å². The van der Waals surface area contributed by atoms with Crippen LogP contribution in [-0.2, 0) is 19.1 Å². The molecule has 0 atom stereocenters. The summed E-state index contributed by atoms with van der Waals surface area (Å²) < 4.78 is 4.95. The first-order chi connectivity index (χ1) is 12.9. The molecule has 0 unspecified atom stereocenters. The number of carbonyl (C=O) groups excluding carboxylic acids is 3. The Bertz CT molecular complexity index is 661. The maximum atomic E-state index is 13.1. The van der Waals surface area contributed by atoms with Gasteiger partial charge in [0.1, 0.15) is 6.29 Å². The number of aryl methyl sites for hydroxylation is 1. The molecule has 1 aromatic carbocycles. The summed E-state index contributed by atoms with van der Waals surface area (Å²) in [7, 11) is 1.69. The predicted octanol–water partition coefficient (Wildman–Crippen LogP) is 4.38. The van der Waals surface area contributed by atoms with Crippen LogP contribution in [0.4, 0.5) is 5.69 Å². The second kappa shape index (κ2) is 12.0. The van der Waals surface area contributed by atoms with Crippen LogP contribution in [0.15, 0.2) is 35.4 Å². The van der Waals surface area contributed by atoms with Crippen molar-refractivity contribution in [2.24, 2.45) is 0 Å². The third-order valence-corrected chi connectivity index (χ3v) is 4.43. The van der Waals surface area contributed by atoms with Gasteiger partial charge in [-0.2, -0.15) is 0 Å². The van der Waals surface area contributed by atoms with E-state index in [-0.39, 0.29) is 24.5 Å². The molecule has 0 aliphatic rings. The summed E-state index contributed by atoms with van der Waals surface area (Å²) in [6, 6.07) is 7.60. The van der Waals surface area contributed by atoms with Crippen LogP contribution in [0.2, 0.25) is 0 Å². The quantitative estimate of drug-likeness (QED) is 0.250. The highest BCUT2D eigenvalue weighted by Gasteiger charge is 2.22. The largest absolute Gasteiger partial charge is 0.466 e. The molecule has 0 fully saturated rings. The fourth-order valence-corrected chi connectivity index (χ4v) is 2.81. The Balaban J connectivity index is 3.10. The molecule has 0 N–H and O–H groups in total. The molecule has 0 bridgehead atoms. The van der Waals surface area contributed by atoms with E-state index in [2.05, 4.69) is 6.92 Å². The van der Waals surface area contributed by atoms with Gasteiger partial charge in [0.05, 0.1) is 13.0 Å². The SMILES string of the molecule is CCCCCC/C(C(=O)N(C)c1ccc(C)cc1)=C(/C=O)CC(=O)OCC. The summed E-state index contributed by atoms with van der Waals surface area (Å²) in [6.45, 7) is 6.05. The Labute approximate surface area is 162 Å². The summed E-state index contributed by atoms with van der Waals surface area (Å²) in [5.74, 6) is -0.738. The van der Waals surface area contributed by atoms with E-state index in [9.17, 15) is 14.4 Å². The molecule has 0 aromatic heterocycles. The van der Waals surface area contributed by atoms with Crippen LogP contribution < -0.4 is 4.90 Å². The molecule has 0 saturated heterocycles. The number of carbonyl (C=O) groups is 3. The Morgan fingerprint density at radius 1 is 1.07 bits per heavy atom. The highest BCUT2D eigenvalue weighted by Crippen LogP contribution is 2.22. The fraction of sp³-hybridized carbons (Fsp3) is 0.500. The molecule has 1 amide bonds. The van der Waals surface area contributed by atoms with Crippen LogP contribution in [-0.4, -0.2) is 31.8 Å². The Kier molecular flexibility index (Phi) is 10.1. The highest BCUT2D eigenvalue weighted by atomic mass is 16.5. The van der Waals surface area contributed by atoms with Crippen LogP contribution in [0.3, 0.4) is 0 Å². The van der Waals surface area contributed by atoms with Crippen molar-refractivity contribution >= 4 is 23.9 Å². The lowest BCUT2D eigenvalue weighted by Crippen LogP contribution is -2.29. The maximum absolute atomic E-state index is 13.1. The van der Waals surface area contributed by atoms with Crippen molar-refractivity contribution in [3.05, 3.63) is 41.0 Å². The zero-order valence-corrected chi connectivity index (χ0v) is 16.9. The van der Waals surface area contributed by atoms with Gasteiger partial charge in [-0.25, -0.2) is 0 Å². The first-order valence-electron chi connectivity index (χ1n) is 9.62. The van der Waals surface area contributed by atoms with Crippen LogP contribution >= 0.6 is 0 Å². The smallest absolute Gasteiger partial charge is 0.310 e. The topological polar surface area (TPSA) is 63.7 Å². The van der Waals surface area contributed by atoms with E-state index in [1.165, 1.54) is 4.90 Å². The van der Waals surface area contributed by atoms with Crippen LogP contribution in [0.5, 0.6) is 0 Å². The molecule has 0 spiro atoms. The molecular formula is C22H31NO4. The lowest BCUT2D eigenvalue weighted by Gasteiger charge is -2.21. The number of amides is 1. The average Bonchev–Trinajstić information content (AvgIpc) is 2.66. The third-order valence-electron chi connectivity index (χ3n) is 4.43. The fourth-order valence-electron chi connectivity index (χ4n) is 2.81. The van der Waals surface area contributed by atoms with Gasteiger partial charge >= 0.3 is 5.97 Å². The maximum Gasteiger partial charge on any atom is 0.310 e. The van der Waals surface area contributed by atoms with Crippen molar-refractivity contribution in [1.82, 2.24) is 0 Å². The zero-order valence-electron chi connectivity index (χ0n) is 16.9.